The predicted molar refractivity (Wildman–Crippen MR) is 96.3 cm³/mol. The number of halogens is 2. The van der Waals surface area contributed by atoms with Gasteiger partial charge < -0.3 is 14.8 Å². The maximum atomic E-state index is 12.1. The van der Waals surface area contributed by atoms with Crippen LogP contribution in [0, 0.1) is 0 Å². The fraction of sp³-hybridized carbons (Fsp3) is 0.176. The molecule has 8 nitrogen and oxygen atoms in total. The lowest BCUT2D eigenvalue weighted by Gasteiger charge is -2.07. The maximum Gasteiger partial charge on any atom is 0.387 e. The number of carbonyl (C=O) groups is 2. The first kappa shape index (κ1) is 19.4. The molecule has 0 aliphatic carbocycles. The Labute approximate surface area is 161 Å². The van der Waals surface area contributed by atoms with Gasteiger partial charge >= 0.3 is 12.6 Å². The normalized spacial score (nSPS) is 10.7. The number of aromatic nitrogens is 3. The number of aryl methyl sites for hydroxylation is 1. The van der Waals surface area contributed by atoms with Crippen molar-refractivity contribution in [3.8, 4) is 16.3 Å². The van der Waals surface area contributed by atoms with Crippen LogP contribution >= 0.6 is 11.3 Å². The van der Waals surface area contributed by atoms with Crippen molar-refractivity contribution in [2.75, 3.05) is 11.9 Å². The Morgan fingerprint density at radius 1 is 1.29 bits per heavy atom. The molecule has 0 radical (unpaired) electrons. The standard InChI is InChI=1S/C17H14F2N4O4S/c1-23-7-10(6-20-23)15-22-13(9-28-15)16(25)26-8-14(24)21-11-2-4-12(5-3-11)27-17(18)19/h2-7,9,17H,8H2,1H3,(H,21,24). The second-order valence-corrected chi connectivity index (χ2v) is 6.33. The monoisotopic (exact) mass is 408 g/mol. The van der Waals surface area contributed by atoms with Crippen molar-refractivity contribution in [3.05, 3.63) is 47.7 Å². The van der Waals surface area contributed by atoms with Crippen LogP contribution in [-0.4, -0.2) is 39.9 Å². The van der Waals surface area contributed by atoms with E-state index in [9.17, 15) is 18.4 Å². The van der Waals surface area contributed by atoms with E-state index in [1.165, 1.54) is 41.0 Å². The van der Waals surface area contributed by atoms with Crippen LogP contribution in [0.4, 0.5) is 14.5 Å². The summed E-state index contributed by atoms with van der Waals surface area (Å²) in [5.41, 5.74) is 1.20. The number of hydrogen-bond donors (Lipinski definition) is 1. The van der Waals surface area contributed by atoms with Gasteiger partial charge in [-0.25, -0.2) is 9.78 Å². The zero-order valence-electron chi connectivity index (χ0n) is 14.5. The second-order valence-electron chi connectivity index (χ2n) is 5.47. The van der Waals surface area contributed by atoms with E-state index in [2.05, 4.69) is 20.1 Å². The highest BCUT2D eigenvalue weighted by molar-refractivity contribution is 7.13. The fourth-order valence-corrected chi connectivity index (χ4v) is 2.92. The Hall–Kier alpha value is -3.34. The molecule has 0 unspecified atom stereocenters. The minimum atomic E-state index is -2.93. The summed E-state index contributed by atoms with van der Waals surface area (Å²) in [5, 5.41) is 8.65. The molecule has 28 heavy (non-hydrogen) atoms. The van der Waals surface area contributed by atoms with Crippen LogP contribution in [-0.2, 0) is 16.6 Å². The Morgan fingerprint density at radius 3 is 2.68 bits per heavy atom. The van der Waals surface area contributed by atoms with Crippen LogP contribution in [0.15, 0.2) is 42.0 Å². The van der Waals surface area contributed by atoms with Gasteiger partial charge in [0.25, 0.3) is 5.91 Å². The molecule has 0 atom stereocenters. The second kappa shape index (κ2) is 8.57. The van der Waals surface area contributed by atoms with Crippen molar-refractivity contribution in [1.82, 2.24) is 14.8 Å². The molecule has 0 aliphatic rings. The Bertz CT molecular complexity index is 972. The first-order valence-electron chi connectivity index (χ1n) is 7.87. The third-order valence-electron chi connectivity index (χ3n) is 3.36. The van der Waals surface area contributed by atoms with Crippen LogP contribution in [0.1, 0.15) is 10.5 Å². The van der Waals surface area contributed by atoms with Crippen LogP contribution in [0.25, 0.3) is 10.6 Å². The van der Waals surface area contributed by atoms with Crippen LogP contribution in [0.5, 0.6) is 5.75 Å². The van der Waals surface area contributed by atoms with Crippen LogP contribution < -0.4 is 10.1 Å². The average Bonchev–Trinajstić information content (AvgIpc) is 3.30. The average molecular weight is 408 g/mol. The van der Waals surface area contributed by atoms with E-state index in [-0.39, 0.29) is 11.4 Å². The van der Waals surface area contributed by atoms with Crippen molar-refractivity contribution in [2.24, 2.45) is 7.05 Å². The van der Waals surface area contributed by atoms with E-state index in [0.717, 1.165) is 5.56 Å². The molecule has 11 heteroatoms. The lowest BCUT2D eigenvalue weighted by molar-refractivity contribution is -0.119. The zero-order chi connectivity index (χ0) is 20.1. The SMILES string of the molecule is Cn1cc(-c2nc(C(=O)OCC(=O)Nc3ccc(OC(F)F)cc3)cs2)cn1. The molecule has 1 amide bonds. The van der Waals surface area contributed by atoms with Gasteiger partial charge in [0.2, 0.25) is 0 Å². The van der Waals surface area contributed by atoms with Crippen molar-refractivity contribution in [1.29, 1.82) is 0 Å². The van der Waals surface area contributed by atoms with Gasteiger partial charge in [0, 0.05) is 29.9 Å². The third kappa shape index (κ3) is 5.10. The largest absolute Gasteiger partial charge is 0.451 e. The van der Waals surface area contributed by atoms with Gasteiger partial charge in [0.05, 0.1) is 6.20 Å². The highest BCUT2D eigenvalue weighted by atomic mass is 32.1. The quantitative estimate of drug-likeness (QED) is 0.604. The first-order valence-corrected chi connectivity index (χ1v) is 8.75. The summed E-state index contributed by atoms with van der Waals surface area (Å²) in [6.07, 6.45) is 3.39. The van der Waals surface area contributed by atoms with Gasteiger partial charge in [0.1, 0.15) is 10.8 Å². The molecular weight excluding hydrogens is 394 g/mol. The van der Waals surface area contributed by atoms with Gasteiger partial charge in [-0.1, -0.05) is 0 Å². The topological polar surface area (TPSA) is 95.3 Å². The number of nitrogens with one attached hydrogen (secondary N) is 1. The van der Waals surface area contributed by atoms with E-state index in [1.54, 1.807) is 24.1 Å². The van der Waals surface area contributed by atoms with Crippen molar-refractivity contribution >= 4 is 28.9 Å². The van der Waals surface area contributed by atoms with E-state index < -0.39 is 25.1 Å². The molecule has 3 rings (SSSR count). The van der Waals surface area contributed by atoms with Crippen LogP contribution in [0.2, 0.25) is 0 Å². The van der Waals surface area contributed by atoms with Gasteiger partial charge in [-0.2, -0.15) is 13.9 Å². The zero-order valence-corrected chi connectivity index (χ0v) is 15.3. The Morgan fingerprint density at radius 2 is 2.04 bits per heavy atom. The van der Waals surface area contributed by atoms with Crippen LogP contribution in [0.3, 0.4) is 0 Å². The summed E-state index contributed by atoms with van der Waals surface area (Å²) < 4.78 is 35.0. The number of nitrogens with zero attached hydrogens (tertiary/aromatic N) is 3. The number of esters is 1. The summed E-state index contributed by atoms with van der Waals surface area (Å²) in [7, 11) is 1.77. The summed E-state index contributed by atoms with van der Waals surface area (Å²) in [4.78, 5) is 28.1. The smallest absolute Gasteiger partial charge is 0.387 e. The number of ether oxygens (including phenoxy) is 2. The molecule has 2 aromatic heterocycles. The lowest BCUT2D eigenvalue weighted by atomic mass is 10.3. The Balaban J connectivity index is 1.50. The van der Waals surface area contributed by atoms with Gasteiger partial charge in [-0.15, -0.1) is 11.3 Å². The number of hydrogen-bond acceptors (Lipinski definition) is 7. The molecule has 0 fully saturated rings. The van der Waals surface area contributed by atoms with Gasteiger partial charge in [-0.05, 0) is 24.3 Å². The molecule has 1 aromatic carbocycles. The molecule has 1 N–H and O–H groups in total. The fourth-order valence-electron chi connectivity index (χ4n) is 2.15. The summed E-state index contributed by atoms with van der Waals surface area (Å²) in [6.45, 7) is -3.45. The summed E-state index contributed by atoms with van der Waals surface area (Å²) in [6, 6.07) is 5.34. The molecular formula is C17H14F2N4O4S. The lowest BCUT2D eigenvalue weighted by Crippen LogP contribution is -2.21. The van der Waals surface area contributed by atoms with E-state index in [0.29, 0.717) is 10.7 Å². The minimum Gasteiger partial charge on any atom is -0.451 e. The summed E-state index contributed by atoms with van der Waals surface area (Å²) in [5.74, 6) is -1.35. The first-order chi connectivity index (χ1) is 13.4. The number of carbonyl (C=O) groups excluding carboxylic acids is 2. The minimum absolute atomic E-state index is 0.0348. The van der Waals surface area contributed by atoms with Gasteiger partial charge in [0.15, 0.2) is 12.3 Å². The molecule has 2 heterocycles. The van der Waals surface area contributed by atoms with E-state index >= 15 is 0 Å². The molecule has 0 spiro atoms. The Kier molecular flexibility index (Phi) is 5.94. The van der Waals surface area contributed by atoms with E-state index in [4.69, 9.17) is 4.74 Å². The highest BCUT2D eigenvalue weighted by Gasteiger charge is 2.16. The molecule has 3 aromatic rings. The highest BCUT2D eigenvalue weighted by Crippen LogP contribution is 2.23. The molecule has 0 aliphatic heterocycles. The molecule has 0 saturated carbocycles. The van der Waals surface area contributed by atoms with Crippen molar-refractivity contribution in [2.45, 2.75) is 6.61 Å². The van der Waals surface area contributed by atoms with Gasteiger partial charge in [-0.3, -0.25) is 9.48 Å². The number of amides is 1. The third-order valence-corrected chi connectivity index (χ3v) is 4.25. The molecule has 146 valence electrons. The van der Waals surface area contributed by atoms with E-state index in [1.807, 2.05) is 0 Å². The maximum absolute atomic E-state index is 12.1. The number of alkyl halides is 2. The molecule has 0 bridgehead atoms. The van der Waals surface area contributed by atoms with Crippen molar-refractivity contribution < 1.29 is 27.8 Å². The number of thiazole rings is 1. The number of anilines is 1. The number of benzene rings is 1. The number of rotatable bonds is 7. The predicted octanol–water partition coefficient (Wildman–Crippen LogP) is 2.94. The summed E-state index contributed by atoms with van der Waals surface area (Å²) >= 11 is 1.26. The molecule has 0 saturated heterocycles. The van der Waals surface area contributed by atoms with Crippen molar-refractivity contribution in [3.63, 3.8) is 0 Å².